The number of carbonyl (C=O) groups excluding carboxylic acids is 3. The molecule has 1 aliphatic rings. The summed E-state index contributed by atoms with van der Waals surface area (Å²) in [5, 5.41) is 9.27. The van der Waals surface area contributed by atoms with E-state index in [1.54, 1.807) is 25.6 Å². The first kappa shape index (κ1) is 19.0. The van der Waals surface area contributed by atoms with Crippen LogP contribution in [0.1, 0.15) is 23.0 Å². The molecule has 142 valence electrons. The number of hydrogen-bond donors (Lipinski definition) is 2. The monoisotopic (exact) mass is 437 g/mol. The molecule has 8 nitrogen and oxygen atoms in total. The van der Waals surface area contributed by atoms with Gasteiger partial charge in [-0.25, -0.2) is 9.18 Å². The molecule has 0 spiro atoms. The molecule has 0 radical (unpaired) electrons. The lowest BCUT2D eigenvalue weighted by molar-refractivity contribution is -0.130. The Morgan fingerprint density at radius 1 is 1.37 bits per heavy atom. The SMILES string of the molecule is Cc1nn(C)c(C)c1NC(=O)CN1C(=O)N[C@H](c2cc(Br)ccc2F)C1=O. The van der Waals surface area contributed by atoms with Gasteiger partial charge in [-0.05, 0) is 32.0 Å². The number of anilines is 1. The molecule has 3 rings (SSSR count). The van der Waals surface area contributed by atoms with Crippen LogP contribution in [-0.2, 0) is 16.6 Å². The van der Waals surface area contributed by atoms with Gasteiger partial charge in [-0.2, -0.15) is 5.10 Å². The lowest BCUT2D eigenvalue weighted by atomic mass is 10.1. The number of halogens is 2. The maximum Gasteiger partial charge on any atom is 0.325 e. The zero-order valence-electron chi connectivity index (χ0n) is 14.8. The van der Waals surface area contributed by atoms with Crippen molar-refractivity contribution >= 4 is 39.5 Å². The first-order valence-corrected chi connectivity index (χ1v) is 8.85. The summed E-state index contributed by atoms with van der Waals surface area (Å²) >= 11 is 3.21. The largest absolute Gasteiger partial charge is 0.325 e. The minimum Gasteiger partial charge on any atom is -0.322 e. The molecule has 0 bridgehead atoms. The highest BCUT2D eigenvalue weighted by molar-refractivity contribution is 9.10. The highest BCUT2D eigenvalue weighted by atomic mass is 79.9. The number of aryl methyl sites for hydroxylation is 2. The molecule has 27 heavy (non-hydrogen) atoms. The number of urea groups is 1. The van der Waals surface area contributed by atoms with Crippen LogP contribution in [-0.4, -0.2) is 39.1 Å². The minimum atomic E-state index is -1.18. The summed E-state index contributed by atoms with van der Waals surface area (Å²) in [7, 11) is 1.74. The molecule has 1 aromatic heterocycles. The fraction of sp³-hybridized carbons (Fsp3) is 0.294. The summed E-state index contributed by atoms with van der Waals surface area (Å²) in [6, 6.07) is 2.18. The van der Waals surface area contributed by atoms with E-state index in [1.807, 2.05) is 0 Å². The van der Waals surface area contributed by atoms with Crippen LogP contribution in [0.15, 0.2) is 22.7 Å². The lowest BCUT2D eigenvalue weighted by Crippen LogP contribution is -2.38. The zero-order chi connectivity index (χ0) is 19.9. The van der Waals surface area contributed by atoms with Crippen molar-refractivity contribution in [3.05, 3.63) is 45.4 Å². The van der Waals surface area contributed by atoms with Crippen molar-refractivity contribution in [3.63, 3.8) is 0 Å². The van der Waals surface area contributed by atoms with Crippen LogP contribution >= 0.6 is 15.9 Å². The summed E-state index contributed by atoms with van der Waals surface area (Å²) < 4.78 is 16.2. The second-order valence-electron chi connectivity index (χ2n) is 6.19. The quantitative estimate of drug-likeness (QED) is 0.716. The highest BCUT2D eigenvalue weighted by Gasteiger charge is 2.41. The molecule has 2 heterocycles. The van der Waals surface area contributed by atoms with Gasteiger partial charge in [0.1, 0.15) is 18.4 Å². The second-order valence-corrected chi connectivity index (χ2v) is 7.11. The third-order valence-corrected chi connectivity index (χ3v) is 4.86. The van der Waals surface area contributed by atoms with Crippen LogP contribution in [0.2, 0.25) is 0 Å². The fourth-order valence-corrected chi connectivity index (χ4v) is 3.27. The molecule has 1 atom stereocenters. The molecule has 4 amide bonds. The van der Waals surface area contributed by atoms with E-state index >= 15 is 0 Å². The van der Waals surface area contributed by atoms with Crippen LogP contribution in [0.5, 0.6) is 0 Å². The first-order valence-electron chi connectivity index (χ1n) is 8.06. The third kappa shape index (κ3) is 3.57. The molecule has 1 fully saturated rings. The summed E-state index contributed by atoms with van der Waals surface area (Å²) in [6.45, 7) is 3.04. The maximum absolute atomic E-state index is 14.1. The Kier molecular flexibility index (Phi) is 5.01. The number of imide groups is 1. The fourth-order valence-electron chi connectivity index (χ4n) is 2.89. The van der Waals surface area contributed by atoms with Crippen LogP contribution in [0.4, 0.5) is 14.9 Å². The van der Waals surface area contributed by atoms with Gasteiger partial charge < -0.3 is 10.6 Å². The molecule has 0 unspecified atom stereocenters. The number of nitrogens with zero attached hydrogens (tertiary/aromatic N) is 3. The van der Waals surface area contributed by atoms with Crippen LogP contribution in [0.3, 0.4) is 0 Å². The average molecular weight is 438 g/mol. The predicted molar refractivity (Wildman–Crippen MR) is 98.4 cm³/mol. The van der Waals surface area contributed by atoms with Gasteiger partial charge >= 0.3 is 6.03 Å². The Morgan fingerprint density at radius 3 is 2.70 bits per heavy atom. The van der Waals surface area contributed by atoms with E-state index < -0.39 is 36.2 Å². The van der Waals surface area contributed by atoms with Gasteiger partial charge in [0.05, 0.1) is 17.1 Å². The number of rotatable bonds is 4. The van der Waals surface area contributed by atoms with Crippen molar-refractivity contribution in [2.75, 3.05) is 11.9 Å². The van der Waals surface area contributed by atoms with Crippen molar-refractivity contribution in [1.29, 1.82) is 0 Å². The van der Waals surface area contributed by atoms with Crippen molar-refractivity contribution in [1.82, 2.24) is 20.0 Å². The Morgan fingerprint density at radius 2 is 2.07 bits per heavy atom. The number of benzene rings is 1. The Labute approximate surface area is 162 Å². The number of amides is 4. The average Bonchev–Trinajstić information content (AvgIpc) is 3.01. The van der Waals surface area contributed by atoms with E-state index in [4.69, 9.17) is 0 Å². The normalized spacial score (nSPS) is 16.6. The lowest BCUT2D eigenvalue weighted by Gasteiger charge is -2.14. The number of hydrogen-bond acceptors (Lipinski definition) is 4. The van der Waals surface area contributed by atoms with E-state index in [2.05, 4.69) is 31.7 Å². The topological polar surface area (TPSA) is 96.3 Å². The van der Waals surface area contributed by atoms with E-state index in [1.165, 1.54) is 18.2 Å². The first-order chi connectivity index (χ1) is 12.7. The summed E-state index contributed by atoms with van der Waals surface area (Å²) in [4.78, 5) is 37.8. The van der Waals surface area contributed by atoms with E-state index in [9.17, 15) is 18.8 Å². The van der Waals surface area contributed by atoms with Crippen molar-refractivity contribution < 1.29 is 18.8 Å². The second kappa shape index (κ2) is 7.10. The predicted octanol–water partition coefficient (Wildman–Crippen LogP) is 2.17. The summed E-state index contributed by atoms with van der Waals surface area (Å²) in [6.07, 6.45) is 0. The Hall–Kier alpha value is -2.75. The van der Waals surface area contributed by atoms with Gasteiger partial charge in [-0.15, -0.1) is 0 Å². The zero-order valence-corrected chi connectivity index (χ0v) is 16.4. The highest BCUT2D eigenvalue weighted by Crippen LogP contribution is 2.27. The van der Waals surface area contributed by atoms with Gasteiger partial charge in [0.2, 0.25) is 5.91 Å². The van der Waals surface area contributed by atoms with Crippen LogP contribution < -0.4 is 10.6 Å². The molecule has 0 saturated carbocycles. The van der Waals surface area contributed by atoms with Crippen molar-refractivity contribution in [2.45, 2.75) is 19.9 Å². The molecular weight excluding hydrogens is 421 g/mol. The van der Waals surface area contributed by atoms with Crippen LogP contribution in [0.25, 0.3) is 0 Å². The molecule has 10 heteroatoms. The Bertz CT molecular complexity index is 958. The molecule has 0 aliphatic carbocycles. The van der Waals surface area contributed by atoms with Gasteiger partial charge in [0.25, 0.3) is 5.91 Å². The summed E-state index contributed by atoms with van der Waals surface area (Å²) in [5.41, 5.74) is 1.93. The van der Waals surface area contributed by atoms with Gasteiger partial charge in [-0.3, -0.25) is 19.2 Å². The van der Waals surface area contributed by atoms with E-state index in [0.717, 1.165) is 10.6 Å². The van der Waals surface area contributed by atoms with Gasteiger partial charge in [0.15, 0.2) is 0 Å². The molecule has 1 aliphatic heterocycles. The van der Waals surface area contributed by atoms with E-state index in [0.29, 0.717) is 15.9 Å². The van der Waals surface area contributed by atoms with Crippen molar-refractivity contribution in [3.8, 4) is 0 Å². The minimum absolute atomic E-state index is 0.0320. The third-order valence-electron chi connectivity index (χ3n) is 4.37. The number of aromatic nitrogens is 2. The molecule has 1 aromatic carbocycles. The molecule has 2 aromatic rings. The number of nitrogens with one attached hydrogen (secondary N) is 2. The molecule has 2 N–H and O–H groups in total. The Balaban J connectivity index is 1.76. The maximum atomic E-state index is 14.1. The molecule has 1 saturated heterocycles. The standard InChI is InChI=1S/C17H17BrFN5O3/c1-8-14(9(2)23(3)22-8)20-13(25)7-24-16(26)15(21-17(24)27)11-6-10(18)4-5-12(11)19/h4-6,15H,7H2,1-3H3,(H,20,25)(H,21,27)/t15-/m1/s1. The van der Waals surface area contributed by atoms with Gasteiger partial charge in [0, 0.05) is 17.1 Å². The number of carbonyl (C=O) groups is 3. The summed E-state index contributed by atoms with van der Waals surface area (Å²) in [5.74, 6) is -1.86. The van der Waals surface area contributed by atoms with Crippen LogP contribution in [0, 0.1) is 19.7 Å². The van der Waals surface area contributed by atoms with Crippen molar-refractivity contribution in [2.24, 2.45) is 7.05 Å². The van der Waals surface area contributed by atoms with Gasteiger partial charge in [-0.1, -0.05) is 15.9 Å². The molecular formula is C17H17BrFN5O3. The smallest absolute Gasteiger partial charge is 0.322 e. The van der Waals surface area contributed by atoms with E-state index in [-0.39, 0.29) is 5.56 Å².